The summed E-state index contributed by atoms with van der Waals surface area (Å²) in [4.78, 5) is 0. The van der Waals surface area contributed by atoms with Crippen molar-refractivity contribution in [2.75, 3.05) is 21.3 Å². The number of rotatable bonds is 5. The molecule has 0 saturated heterocycles. The Morgan fingerprint density at radius 3 is 2.11 bits per heavy atom. The van der Waals surface area contributed by atoms with E-state index in [-0.39, 0.29) is 12.2 Å². The second-order valence-corrected chi connectivity index (χ2v) is 4.60. The average molecular weight is 260 g/mol. The smallest absolute Gasteiger partial charge is 0.163 e. The topological polar surface area (TPSA) is 27.7 Å². The number of methoxy groups -OCH3 is 3. The average Bonchev–Trinajstić information content (AvgIpc) is 2.47. The van der Waals surface area contributed by atoms with Gasteiger partial charge in [0.25, 0.3) is 0 Å². The van der Waals surface area contributed by atoms with E-state index in [1.54, 1.807) is 21.3 Å². The lowest BCUT2D eigenvalue weighted by atomic mass is 9.97. The summed E-state index contributed by atoms with van der Waals surface area (Å²) >= 11 is 0. The van der Waals surface area contributed by atoms with Gasteiger partial charge in [0.1, 0.15) is 5.75 Å². The summed E-state index contributed by atoms with van der Waals surface area (Å²) in [7, 11) is 5.01. The molecule has 0 heterocycles. The first-order valence-corrected chi connectivity index (χ1v) is 6.33. The molecule has 3 nitrogen and oxygen atoms in total. The van der Waals surface area contributed by atoms with Crippen LogP contribution in [0, 0.1) is 0 Å². The molecule has 0 aliphatic heterocycles. The Labute approximate surface area is 114 Å². The minimum absolute atomic E-state index is 0.182. The summed E-state index contributed by atoms with van der Waals surface area (Å²) in [6.45, 7) is 2.10. The van der Waals surface area contributed by atoms with Crippen LogP contribution in [0.4, 0.5) is 0 Å². The van der Waals surface area contributed by atoms with Crippen LogP contribution in [-0.2, 0) is 9.47 Å². The largest absolute Gasteiger partial charge is 0.497 e. The van der Waals surface area contributed by atoms with Crippen LogP contribution >= 0.6 is 0 Å². The van der Waals surface area contributed by atoms with Gasteiger partial charge in [-0.3, -0.25) is 0 Å². The van der Waals surface area contributed by atoms with Crippen molar-refractivity contribution < 1.29 is 14.2 Å². The van der Waals surface area contributed by atoms with Gasteiger partial charge in [0, 0.05) is 20.1 Å². The van der Waals surface area contributed by atoms with Crippen LogP contribution < -0.4 is 4.74 Å². The van der Waals surface area contributed by atoms with Crippen molar-refractivity contribution in [3.05, 3.63) is 42.0 Å². The van der Waals surface area contributed by atoms with Crippen molar-refractivity contribution in [1.29, 1.82) is 0 Å². The van der Waals surface area contributed by atoms with E-state index in [9.17, 15) is 0 Å². The minimum atomic E-state index is -0.226. The lowest BCUT2D eigenvalue weighted by Crippen LogP contribution is -2.20. The zero-order chi connectivity index (χ0) is 13.8. The Kier molecular flexibility index (Phi) is 4.40. The highest BCUT2D eigenvalue weighted by atomic mass is 16.7. The number of ether oxygens (including phenoxy) is 3. The molecule has 0 spiro atoms. The second-order valence-electron chi connectivity index (χ2n) is 4.60. The highest BCUT2D eigenvalue weighted by Gasteiger charge is 2.17. The molecular weight excluding hydrogens is 240 g/mol. The first kappa shape index (κ1) is 13.8. The maximum absolute atomic E-state index is 5.32. The highest BCUT2D eigenvalue weighted by Crippen LogP contribution is 2.27. The third-order valence-electron chi connectivity index (χ3n) is 3.47. The summed E-state index contributed by atoms with van der Waals surface area (Å²) in [5.41, 5.74) is 1.20. The summed E-state index contributed by atoms with van der Waals surface area (Å²) in [5.74, 6) is 1.06. The molecule has 102 valence electrons. The van der Waals surface area contributed by atoms with E-state index >= 15 is 0 Å². The van der Waals surface area contributed by atoms with E-state index in [0.29, 0.717) is 0 Å². The lowest BCUT2D eigenvalue weighted by molar-refractivity contribution is -0.115. The van der Waals surface area contributed by atoms with Crippen LogP contribution in [0.5, 0.6) is 5.75 Å². The van der Waals surface area contributed by atoms with Crippen molar-refractivity contribution in [2.45, 2.75) is 19.1 Å². The summed E-state index contributed by atoms with van der Waals surface area (Å²) in [6.07, 6.45) is -0.226. The molecule has 3 heteroatoms. The van der Waals surface area contributed by atoms with Crippen LogP contribution in [0.2, 0.25) is 0 Å². The zero-order valence-electron chi connectivity index (χ0n) is 11.8. The fraction of sp³-hybridized carbons (Fsp3) is 0.375. The molecule has 1 unspecified atom stereocenters. The maximum atomic E-state index is 5.32. The molecule has 2 aromatic carbocycles. The predicted molar refractivity (Wildman–Crippen MR) is 76.7 cm³/mol. The molecule has 0 radical (unpaired) electrons. The SMILES string of the molecule is COc1ccc2cc(C(C)C(OC)OC)ccc2c1. The number of hydrogen-bond acceptors (Lipinski definition) is 3. The van der Waals surface area contributed by atoms with Gasteiger partial charge in [-0.1, -0.05) is 31.2 Å². The standard InChI is InChI=1S/C16H20O3/c1-11(16(18-3)19-4)12-5-6-14-10-15(17-2)8-7-13(14)9-12/h5-11,16H,1-4H3. The van der Waals surface area contributed by atoms with Gasteiger partial charge in [-0.25, -0.2) is 0 Å². The molecule has 0 aromatic heterocycles. The predicted octanol–water partition coefficient (Wildman–Crippen LogP) is 3.57. The molecule has 0 fully saturated rings. The minimum Gasteiger partial charge on any atom is -0.497 e. The molecule has 0 aliphatic rings. The van der Waals surface area contributed by atoms with Crippen LogP contribution in [-0.4, -0.2) is 27.6 Å². The van der Waals surface area contributed by atoms with Crippen LogP contribution in [0.25, 0.3) is 10.8 Å². The van der Waals surface area contributed by atoms with E-state index < -0.39 is 0 Å². The molecule has 0 aliphatic carbocycles. The molecule has 2 aromatic rings. The van der Waals surface area contributed by atoms with Crippen molar-refractivity contribution in [3.8, 4) is 5.75 Å². The molecule has 0 saturated carbocycles. The van der Waals surface area contributed by atoms with Gasteiger partial charge < -0.3 is 14.2 Å². The zero-order valence-corrected chi connectivity index (χ0v) is 11.8. The van der Waals surface area contributed by atoms with Gasteiger partial charge >= 0.3 is 0 Å². The second kappa shape index (κ2) is 6.04. The fourth-order valence-corrected chi connectivity index (χ4v) is 2.31. The maximum Gasteiger partial charge on any atom is 0.163 e. The van der Waals surface area contributed by atoms with Gasteiger partial charge in [-0.05, 0) is 28.5 Å². The van der Waals surface area contributed by atoms with Crippen LogP contribution in [0.1, 0.15) is 18.4 Å². The molecule has 1 atom stereocenters. The third kappa shape index (κ3) is 2.88. The summed E-state index contributed by atoms with van der Waals surface area (Å²) < 4.78 is 15.9. The Hall–Kier alpha value is -1.58. The lowest BCUT2D eigenvalue weighted by Gasteiger charge is -2.21. The van der Waals surface area contributed by atoms with Gasteiger partial charge in [-0.2, -0.15) is 0 Å². The molecule has 0 amide bonds. The molecular formula is C16H20O3. The van der Waals surface area contributed by atoms with Crippen molar-refractivity contribution >= 4 is 10.8 Å². The first-order chi connectivity index (χ1) is 9.19. The number of fused-ring (bicyclic) bond motifs is 1. The van der Waals surface area contributed by atoms with Crippen LogP contribution in [0.15, 0.2) is 36.4 Å². The number of hydrogen-bond donors (Lipinski definition) is 0. The molecule has 2 rings (SSSR count). The number of benzene rings is 2. The van der Waals surface area contributed by atoms with Gasteiger partial charge in [0.15, 0.2) is 6.29 Å². The van der Waals surface area contributed by atoms with Crippen molar-refractivity contribution in [1.82, 2.24) is 0 Å². The van der Waals surface area contributed by atoms with E-state index in [1.807, 2.05) is 12.1 Å². The Bertz CT molecular complexity index is 547. The van der Waals surface area contributed by atoms with E-state index in [4.69, 9.17) is 14.2 Å². The van der Waals surface area contributed by atoms with E-state index in [2.05, 4.69) is 31.2 Å². The quantitative estimate of drug-likeness (QED) is 0.769. The van der Waals surface area contributed by atoms with Gasteiger partial charge in [0.2, 0.25) is 0 Å². The van der Waals surface area contributed by atoms with Gasteiger partial charge in [0.05, 0.1) is 7.11 Å². The van der Waals surface area contributed by atoms with Crippen LogP contribution in [0.3, 0.4) is 0 Å². The first-order valence-electron chi connectivity index (χ1n) is 6.33. The summed E-state index contributed by atoms with van der Waals surface area (Å²) in [5, 5.41) is 2.36. The highest BCUT2D eigenvalue weighted by molar-refractivity contribution is 5.84. The van der Waals surface area contributed by atoms with Crippen molar-refractivity contribution in [3.63, 3.8) is 0 Å². The Morgan fingerprint density at radius 2 is 1.47 bits per heavy atom. The summed E-state index contributed by atoms with van der Waals surface area (Å²) in [6, 6.07) is 12.5. The third-order valence-corrected chi connectivity index (χ3v) is 3.47. The van der Waals surface area contributed by atoms with Gasteiger partial charge in [-0.15, -0.1) is 0 Å². The molecule has 19 heavy (non-hydrogen) atoms. The Morgan fingerprint density at radius 1 is 0.842 bits per heavy atom. The molecule has 0 bridgehead atoms. The monoisotopic (exact) mass is 260 g/mol. The molecule has 0 N–H and O–H groups in total. The Balaban J connectivity index is 2.36. The fourth-order valence-electron chi connectivity index (χ4n) is 2.31. The van der Waals surface area contributed by atoms with E-state index in [0.717, 1.165) is 5.75 Å². The normalized spacial score (nSPS) is 12.9. The van der Waals surface area contributed by atoms with Crippen molar-refractivity contribution in [2.24, 2.45) is 0 Å². The van der Waals surface area contributed by atoms with E-state index in [1.165, 1.54) is 16.3 Å².